The molecule has 0 aliphatic rings. The van der Waals surface area contributed by atoms with Gasteiger partial charge in [-0.2, -0.15) is 0 Å². The molecule has 2 N–H and O–H groups in total. The summed E-state index contributed by atoms with van der Waals surface area (Å²) in [7, 11) is 0. The van der Waals surface area contributed by atoms with Crippen molar-refractivity contribution in [2.24, 2.45) is 0 Å². The summed E-state index contributed by atoms with van der Waals surface area (Å²) in [6.45, 7) is 4.70. The number of aromatic nitrogens is 3. The quantitative estimate of drug-likeness (QED) is 0.262. The first-order valence-corrected chi connectivity index (χ1v) is 11.8. The lowest BCUT2D eigenvalue weighted by Gasteiger charge is -2.14. The molecule has 5 aromatic rings. The van der Waals surface area contributed by atoms with Gasteiger partial charge in [0, 0.05) is 35.8 Å². The highest BCUT2D eigenvalue weighted by Gasteiger charge is 2.13. The van der Waals surface area contributed by atoms with Crippen LogP contribution in [0.1, 0.15) is 21.5 Å². The standard InChI is InChI=1S/C29H26N4O3/c1-2-17-32-25-9-5-6-10-26(25)33(29(36)28(32)35)19-20-11-13-21(14-12-20)27(34)30-16-15-22-18-31-24-8-4-3-7-23(22)24/h2-14,18,31H,1,15-17,19H2,(H,30,34). The molecule has 0 fully saturated rings. The van der Waals surface area contributed by atoms with E-state index < -0.39 is 11.1 Å². The van der Waals surface area contributed by atoms with Crippen LogP contribution in [0.25, 0.3) is 21.9 Å². The molecule has 0 aliphatic heterocycles. The first-order valence-electron chi connectivity index (χ1n) is 11.8. The Bertz CT molecular complexity index is 1690. The number of nitrogens with zero attached hydrogens (tertiary/aromatic N) is 2. The molecular formula is C29H26N4O3. The van der Waals surface area contributed by atoms with E-state index in [0.717, 1.165) is 28.5 Å². The topological polar surface area (TPSA) is 88.9 Å². The van der Waals surface area contributed by atoms with E-state index in [1.807, 2.05) is 60.8 Å². The maximum atomic E-state index is 12.9. The molecule has 0 unspecified atom stereocenters. The SMILES string of the molecule is C=CCn1c(=O)c(=O)n(Cc2ccc(C(=O)NCCc3c[nH]c4ccccc34)cc2)c2ccccc21. The smallest absolute Gasteiger partial charge is 0.317 e. The molecule has 7 heteroatoms. The predicted molar refractivity (Wildman–Crippen MR) is 143 cm³/mol. The van der Waals surface area contributed by atoms with Gasteiger partial charge in [0.1, 0.15) is 0 Å². The van der Waals surface area contributed by atoms with Crippen molar-refractivity contribution in [1.29, 1.82) is 0 Å². The maximum absolute atomic E-state index is 12.9. The van der Waals surface area contributed by atoms with Gasteiger partial charge >= 0.3 is 11.1 Å². The average Bonchev–Trinajstić information content (AvgIpc) is 3.32. The molecule has 36 heavy (non-hydrogen) atoms. The molecule has 2 aromatic heterocycles. The second-order valence-corrected chi connectivity index (χ2v) is 8.65. The normalized spacial score (nSPS) is 11.1. The number of carbonyl (C=O) groups excluding carboxylic acids is 1. The minimum absolute atomic E-state index is 0.156. The molecule has 3 aromatic carbocycles. The summed E-state index contributed by atoms with van der Waals surface area (Å²) in [4.78, 5) is 41.5. The van der Waals surface area contributed by atoms with Gasteiger partial charge in [0.25, 0.3) is 5.91 Å². The van der Waals surface area contributed by atoms with Crippen molar-refractivity contribution in [2.45, 2.75) is 19.5 Å². The van der Waals surface area contributed by atoms with Crippen molar-refractivity contribution in [3.05, 3.63) is 129 Å². The molecule has 0 spiro atoms. The van der Waals surface area contributed by atoms with Gasteiger partial charge in [-0.25, -0.2) is 0 Å². The van der Waals surface area contributed by atoms with Crippen LogP contribution in [0.15, 0.2) is 101 Å². The minimum Gasteiger partial charge on any atom is -0.361 e. The number of hydrogen-bond acceptors (Lipinski definition) is 3. The monoisotopic (exact) mass is 478 g/mol. The summed E-state index contributed by atoms with van der Waals surface area (Å²) in [6, 6.07) is 22.5. The van der Waals surface area contributed by atoms with Crippen LogP contribution >= 0.6 is 0 Å². The van der Waals surface area contributed by atoms with Crippen molar-refractivity contribution in [2.75, 3.05) is 6.54 Å². The summed E-state index contributed by atoms with van der Waals surface area (Å²) in [5.74, 6) is -0.156. The molecule has 0 bridgehead atoms. The Morgan fingerprint density at radius 3 is 2.31 bits per heavy atom. The van der Waals surface area contributed by atoms with Crippen LogP contribution in [0.5, 0.6) is 0 Å². The van der Waals surface area contributed by atoms with Crippen LogP contribution in [0.2, 0.25) is 0 Å². The molecule has 180 valence electrons. The molecule has 0 atom stereocenters. The number of hydrogen-bond donors (Lipinski definition) is 2. The molecule has 1 amide bonds. The zero-order valence-corrected chi connectivity index (χ0v) is 19.7. The van der Waals surface area contributed by atoms with E-state index in [1.54, 1.807) is 18.2 Å². The zero-order valence-electron chi connectivity index (χ0n) is 19.7. The molecule has 0 radical (unpaired) electrons. The lowest BCUT2D eigenvalue weighted by molar-refractivity contribution is 0.0954. The number of amides is 1. The molecule has 5 rings (SSSR count). The number of allylic oxidation sites excluding steroid dienone is 1. The van der Waals surface area contributed by atoms with Gasteiger partial charge < -0.3 is 10.3 Å². The summed E-state index contributed by atoms with van der Waals surface area (Å²) in [6.07, 6.45) is 4.30. The van der Waals surface area contributed by atoms with Gasteiger partial charge in [-0.3, -0.25) is 23.5 Å². The van der Waals surface area contributed by atoms with Crippen LogP contribution in [-0.4, -0.2) is 26.6 Å². The van der Waals surface area contributed by atoms with E-state index >= 15 is 0 Å². The largest absolute Gasteiger partial charge is 0.361 e. The fourth-order valence-corrected chi connectivity index (χ4v) is 4.53. The van der Waals surface area contributed by atoms with Crippen molar-refractivity contribution < 1.29 is 4.79 Å². The number of nitrogens with one attached hydrogen (secondary N) is 2. The average molecular weight is 479 g/mol. The van der Waals surface area contributed by atoms with Crippen LogP contribution in [0, 0.1) is 0 Å². The van der Waals surface area contributed by atoms with Crippen LogP contribution in [0.3, 0.4) is 0 Å². The van der Waals surface area contributed by atoms with Crippen molar-refractivity contribution in [1.82, 2.24) is 19.4 Å². The minimum atomic E-state index is -0.588. The molecule has 0 saturated heterocycles. The number of aromatic amines is 1. The van der Waals surface area contributed by atoms with E-state index in [1.165, 1.54) is 9.13 Å². The molecule has 0 aliphatic carbocycles. The van der Waals surface area contributed by atoms with Gasteiger partial charge in [-0.05, 0) is 47.9 Å². The Kier molecular flexibility index (Phi) is 6.36. The third-order valence-corrected chi connectivity index (χ3v) is 6.36. The van der Waals surface area contributed by atoms with Crippen molar-refractivity contribution in [3.63, 3.8) is 0 Å². The van der Waals surface area contributed by atoms with Crippen molar-refractivity contribution >= 4 is 27.8 Å². The first-order chi connectivity index (χ1) is 17.6. The number of H-pyrrole nitrogens is 1. The summed E-state index contributed by atoms with van der Waals surface area (Å²) < 4.78 is 2.92. The fraction of sp³-hybridized carbons (Fsp3) is 0.138. The van der Waals surface area contributed by atoms with E-state index in [-0.39, 0.29) is 19.0 Å². The van der Waals surface area contributed by atoms with Gasteiger partial charge in [0.2, 0.25) is 0 Å². The van der Waals surface area contributed by atoms with Gasteiger partial charge in [0.05, 0.1) is 17.6 Å². The second-order valence-electron chi connectivity index (χ2n) is 8.65. The molecule has 7 nitrogen and oxygen atoms in total. The maximum Gasteiger partial charge on any atom is 0.317 e. The fourth-order valence-electron chi connectivity index (χ4n) is 4.53. The Morgan fingerprint density at radius 1 is 0.889 bits per heavy atom. The van der Waals surface area contributed by atoms with E-state index in [2.05, 4.69) is 22.9 Å². The van der Waals surface area contributed by atoms with Crippen LogP contribution < -0.4 is 16.4 Å². The summed E-state index contributed by atoms with van der Waals surface area (Å²) >= 11 is 0. The molecule has 0 saturated carbocycles. The molecular weight excluding hydrogens is 452 g/mol. The van der Waals surface area contributed by atoms with E-state index in [0.29, 0.717) is 23.1 Å². The highest BCUT2D eigenvalue weighted by molar-refractivity contribution is 5.94. The lowest BCUT2D eigenvalue weighted by Crippen LogP contribution is -2.41. The Labute approximate surface area is 207 Å². The van der Waals surface area contributed by atoms with Crippen LogP contribution in [-0.2, 0) is 19.5 Å². The van der Waals surface area contributed by atoms with Gasteiger partial charge in [-0.15, -0.1) is 6.58 Å². The number of benzene rings is 3. The Hall–Kier alpha value is -4.65. The zero-order chi connectivity index (χ0) is 25.1. The number of para-hydroxylation sites is 3. The van der Waals surface area contributed by atoms with Gasteiger partial charge in [-0.1, -0.05) is 48.5 Å². The summed E-state index contributed by atoms with van der Waals surface area (Å²) in [5.41, 5.74) is 3.77. The number of rotatable bonds is 8. The predicted octanol–water partition coefficient (Wildman–Crippen LogP) is 3.85. The van der Waals surface area contributed by atoms with E-state index in [9.17, 15) is 14.4 Å². The van der Waals surface area contributed by atoms with E-state index in [4.69, 9.17) is 0 Å². The van der Waals surface area contributed by atoms with Gasteiger partial charge in [0.15, 0.2) is 0 Å². The third-order valence-electron chi connectivity index (χ3n) is 6.36. The Balaban J connectivity index is 1.30. The molecule has 2 heterocycles. The lowest BCUT2D eigenvalue weighted by atomic mass is 10.1. The number of carbonyl (C=O) groups is 1. The first kappa shape index (κ1) is 23.1. The third kappa shape index (κ3) is 4.38. The number of fused-ring (bicyclic) bond motifs is 2. The summed E-state index contributed by atoms with van der Waals surface area (Å²) in [5, 5.41) is 4.13. The van der Waals surface area contributed by atoms with Crippen molar-refractivity contribution in [3.8, 4) is 0 Å². The Morgan fingerprint density at radius 2 is 1.56 bits per heavy atom. The van der Waals surface area contributed by atoms with Crippen LogP contribution in [0.4, 0.5) is 0 Å². The second kappa shape index (κ2) is 9.92. The highest BCUT2D eigenvalue weighted by Crippen LogP contribution is 2.18. The highest BCUT2D eigenvalue weighted by atomic mass is 16.2.